The quantitative estimate of drug-likeness (QED) is 0.118. The van der Waals surface area contributed by atoms with Crippen molar-refractivity contribution in [2.45, 2.75) is 32.2 Å². The number of thioether (sulfide) groups is 1. The molecule has 0 amide bonds. The maximum absolute atomic E-state index is 11.6. The lowest BCUT2D eigenvalue weighted by molar-refractivity contribution is -0.404. The average molecular weight is 521 g/mol. The second kappa shape index (κ2) is 14.8. The van der Waals surface area contributed by atoms with Crippen molar-refractivity contribution >= 4 is 23.7 Å². The molecule has 0 bridgehead atoms. The molecule has 0 saturated carbocycles. The summed E-state index contributed by atoms with van der Waals surface area (Å²) in [6, 6.07) is 10.4. The van der Waals surface area contributed by atoms with Crippen molar-refractivity contribution in [2.24, 2.45) is 0 Å². The van der Waals surface area contributed by atoms with Crippen molar-refractivity contribution in [3.8, 4) is 5.75 Å². The number of ether oxygens (including phenoxy) is 2. The standard InChI is InChI=1S/C24H32N4O7S/c1-17(29)33-20-7-5-19(6-8-20)23(34-18(2)30)13-26-24(15-28(31)32)25-11-12-36-16-22-10-9-21(35-22)14-27(3)4/h5-10,15,23,25-26H,11-14,16H2,1-4H3. The van der Waals surface area contributed by atoms with Gasteiger partial charge in [0, 0.05) is 26.1 Å². The lowest BCUT2D eigenvalue weighted by atomic mass is 10.1. The van der Waals surface area contributed by atoms with Gasteiger partial charge in [0.2, 0.25) is 0 Å². The largest absolute Gasteiger partial charge is 0.464 e. The van der Waals surface area contributed by atoms with Gasteiger partial charge in [-0.3, -0.25) is 19.7 Å². The molecule has 1 atom stereocenters. The SMILES string of the molecule is CC(=O)Oc1ccc(C(CNC(=C[N+](=O)[O-])NCCSCc2ccc(CN(C)C)o2)OC(C)=O)cc1. The van der Waals surface area contributed by atoms with E-state index >= 15 is 0 Å². The van der Waals surface area contributed by atoms with E-state index < -0.39 is 23.0 Å². The van der Waals surface area contributed by atoms with Gasteiger partial charge in [-0.1, -0.05) is 12.1 Å². The molecule has 11 nitrogen and oxygen atoms in total. The van der Waals surface area contributed by atoms with Gasteiger partial charge in [0.15, 0.2) is 5.82 Å². The van der Waals surface area contributed by atoms with Crippen LogP contribution < -0.4 is 15.4 Å². The third kappa shape index (κ3) is 11.3. The van der Waals surface area contributed by atoms with E-state index in [1.54, 1.807) is 36.0 Å². The molecule has 196 valence electrons. The first-order valence-electron chi connectivity index (χ1n) is 11.2. The van der Waals surface area contributed by atoms with Crippen molar-refractivity contribution in [3.05, 3.63) is 75.6 Å². The summed E-state index contributed by atoms with van der Waals surface area (Å²) in [6.45, 7) is 3.88. The smallest absolute Gasteiger partial charge is 0.308 e. The molecule has 2 rings (SSSR count). The maximum Gasteiger partial charge on any atom is 0.308 e. The minimum atomic E-state index is -0.712. The molecule has 0 saturated heterocycles. The summed E-state index contributed by atoms with van der Waals surface area (Å²) in [5, 5.41) is 17.0. The molecule has 12 heteroatoms. The molecular formula is C24H32N4O7S. The van der Waals surface area contributed by atoms with Crippen LogP contribution in [0.4, 0.5) is 0 Å². The summed E-state index contributed by atoms with van der Waals surface area (Å²) in [5.41, 5.74) is 0.636. The minimum Gasteiger partial charge on any atom is -0.464 e. The van der Waals surface area contributed by atoms with Gasteiger partial charge in [-0.2, -0.15) is 11.8 Å². The van der Waals surface area contributed by atoms with Gasteiger partial charge < -0.3 is 29.4 Å². The number of carbonyl (C=O) groups excluding carboxylic acids is 2. The van der Waals surface area contributed by atoms with Crippen molar-refractivity contribution in [3.63, 3.8) is 0 Å². The zero-order valence-electron chi connectivity index (χ0n) is 20.8. The highest BCUT2D eigenvalue weighted by Gasteiger charge is 2.17. The molecular weight excluding hydrogens is 488 g/mol. The Kier molecular flexibility index (Phi) is 11.8. The minimum absolute atomic E-state index is 0.0906. The van der Waals surface area contributed by atoms with Gasteiger partial charge in [0.25, 0.3) is 6.20 Å². The predicted octanol–water partition coefficient (Wildman–Crippen LogP) is 3.06. The summed E-state index contributed by atoms with van der Waals surface area (Å²) in [6.07, 6.45) is 0.120. The fourth-order valence-corrected chi connectivity index (χ4v) is 3.88. The second-order valence-electron chi connectivity index (χ2n) is 8.05. The Labute approximate surface area is 214 Å². The summed E-state index contributed by atoms with van der Waals surface area (Å²) >= 11 is 1.63. The normalized spacial score (nSPS) is 12.2. The van der Waals surface area contributed by atoms with E-state index in [2.05, 4.69) is 10.6 Å². The van der Waals surface area contributed by atoms with Crippen molar-refractivity contribution < 1.29 is 28.4 Å². The van der Waals surface area contributed by atoms with E-state index in [4.69, 9.17) is 13.9 Å². The first-order valence-corrected chi connectivity index (χ1v) is 12.4. The number of benzene rings is 1. The Bertz CT molecular complexity index is 1040. The highest BCUT2D eigenvalue weighted by Crippen LogP contribution is 2.21. The van der Waals surface area contributed by atoms with E-state index in [-0.39, 0.29) is 12.4 Å². The maximum atomic E-state index is 11.6. The number of hydrogen-bond acceptors (Lipinski definition) is 11. The van der Waals surface area contributed by atoms with Crippen LogP contribution in [-0.4, -0.2) is 54.7 Å². The van der Waals surface area contributed by atoms with Gasteiger partial charge >= 0.3 is 11.9 Å². The first-order chi connectivity index (χ1) is 17.1. The van der Waals surface area contributed by atoms with Crippen molar-refractivity contribution in [1.29, 1.82) is 0 Å². The highest BCUT2D eigenvalue weighted by molar-refractivity contribution is 7.98. The number of nitrogens with zero attached hydrogens (tertiary/aromatic N) is 2. The Morgan fingerprint density at radius 1 is 1.11 bits per heavy atom. The van der Waals surface area contributed by atoms with Crippen LogP contribution >= 0.6 is 11.8 Å². The van der Waals surface area contributed by atoms with Crippen LogP contribution in [0.15, 0.2) is 52.8 Å². The number of esters is 2. The molecule has 1 aromatic carbocycles. The summed E-state index contributed by atoms with van der Waals surface area (Å²) in [4.78, 5) is 35.3. The van der Waals surface area contributed by atoms with Crippen LogP contribution in [0.3, 0.4) is 0 Å². The first kappa shape index (κ1) is 28.7. The van der Waals surface area contributed by atoms with Crippen LogP contribution in [0.2, 0.25) is 0 Å². The van der Waals surface area contributed by atoms with E-state index in [9.17, 15) is 19.7 Å². The van der Waals surface area contributed by atoms with Crippen molar-refractivity contribution in [2.75, 3.05) is 32.9 Å². The van der Waals surface area contributed by atoms with Crippen LogP contribution in [-0.2, 0) is 26.6 Å². The molecule has 0 aliphatic heterocycles. The highest BCUT2D eigenvalue weighted by atomic mass is 32.2. The molecule has 0 spiro atoms. The van der Waals surface area contributed by atoms with E-state index in [0.29, 0.717) is 29.4 Å². The number of furan rings is 1. The van der Waals surface area contributed by atoms with Gasteiger partial charge in [-0.05, 0) is 43.9 Å². The Balaban J connectivity index is 1.88. The van der Waals surface area contributed by atoms with E-state index in [0.717, 1.165) is 24.3 Å². The zero-order chi connectivity index (χ0) is 26.5. The second-order valence-corrected chi connectivity index (χ2v) is 9.16. The van der Waals surface area contributed by atoms with Gasteiger partial charge in [-0.25, -0.2) is 0 Å². The third-order valence-electron chi connectivity index (χ3n) is 4.53. The van der Waals surface area contributed by atoms with Gasteiger partial charge in [-0.15, -0.1) is 0 Å². The lowest BCUT2D eigenvalue weighted by Gasteiger charge is -2.20. The number of hydrogen-bond donors (Lipinski definition) is 2. The zero-order valence-corrected chi connectivity index (χ0v) is 21.6. The topological polar surface area (TPSA) is 136 Å². The fourth-order valence-electron chi connectivity index (χ4n) is 3.13. The summed E-state index contributed by atoms with van der Waals surface area (Å²) in [7, 11) is 3.95. The number of nitro groups is 1. The van der Waals surface area contributed by atoms with E-state index in [1.165, 1.54) is 13.8 Å². The van der Waals surface area contributed by atoms with Crippen molar-refractivity contribution in [1.82, 2.24) is 15.5 Å². The Morgan fingerprint density at radius 3 is 2.42 bits per heavy atom. The number of rotatable bonds is 15. The van der Waals surface area contributed by atoms with Crippen LogP contribution in [0.25, 0.3) is 0 Å². The summed E-state index contributed by atoms with van der Waals surface area (Å²) in [5.74, 6) is 2.76. The molecule has 0 aliphatic carbocycles. The Morgan fingerprint density at radius 2 is 1.81 bits per heavy atom. The van der Waals surface area contributed by atoms with Crippen LogP contribution in [0.5, 0.6) is 5.75 Å². The molecule has 1 unspecified atom stereocenters. The van der Waals surface area contributed by atoms with Gasteiger partial charge in [0.05, 0.1) is 23.8 Å². The Hall–Kier alpha value is -3.51. The number of nitrogens with one attached hydrogen (secondary N) is 2. The predicted molar refractivity (Wildman–Crippen MR) is 136 cm³/mol. The monoisotopic (exact) mass is 520 g/mol. The average Bonchev–Trinajstić information content (AvgIpc) is 3.22. The molecule has 1 heterocycles. The fraction of sp³-hybridized carbons (Fsp3) is 0.417. The molecule has 2 N–H and O–H groups in total. The third-order valence-corrected chi connectivity index (χ3v) is 5.51. The number of carbonyl (C=O) groups is 2. The summed E-state index contributed by atoms with van der Waals surface area (Å²) < 4.78 is 16.2. The molecule has 0 aliphatic rings. The molecule has 36 heavy (non-hydrogen) atoms. The van der Waals surface area contributed by atoms with Crippen LogP contribution in [0, 0.1) is 10.1 Å². The van der Waals surface area contributed by atoms with Crippen LogP contribution in [0.1, 0.15) is 37.0 Å². The molecule has 2 aromatic rings. The molecule has 0 radical (unpaired) electrons. The van der Waals surface area contributed by atoms with Gasteiger partial charge in [0.1, 0.15) is 23.4 Å². The molecule has 1 aromatic heterocycles. The van der Waals surface area contributed by atoms with E-state index in [1.807, 2.05) is 31.1 Å². The molecule has 0 fully saturated rings. The lowest BCUT2D eigenvalue weighted by Crippen LogP contribution is -2.33.